The lowest BCUT2D eigenvalue weighted by Crippen LogP contribution is -2.42. The topological polar surface area (TPSA) is 65.3 Å². The van der Waals surface area contributed by atoms with Crippen molar-refractivity contribution in [2.75, 3.05) is 19.0 Å². The quantitative estimate of drug-likeness (QED) is 0.892. The molecule has 1 aliphatic carbocycles. The molecule has 4 heteroatoms. The first-order valence-electron chi connectivity index (χ1n) is 7.42. The number of methoxy groups -OCH3 is 1. The van der Waals surface area contributed by atoms with E-state index in [1.54, 1.807) is 25.3 Å². The third-order valence-electron chi connectivity index (χ3n) is 4.49. The fraction of sp³-hybridized carbons (Fsp3) is 0.588. The van der Waals surface area contributed by atoms with Gasteiger partial charge < -0.3 is 15.2 Å². The van der Waals surface area contributed by atoms with E-state index in [-0.39, 0.29) is 0 Å². The molecule has 1 aromatic carbocycles. The van der Waals surface area contributed by atoms with Crippen LogP contribution in [0.15, 0.2) is 18.2 Å². The Bertz CT molecular complexity index is 536. The molecule has 114 valence electrons. The van der Waals surface area contributed by atoms with Gasteiger partial charge in [0, 0.05) is 12.6 Å². The Kier molecular flexibility index (Phi) is 4.43. The third kappa shape index (κ3) is 3.89. The van der Waals surface area contributed by atoms with Crippen LogP contribution >= 0.6 is 0 Å². The maximum Gasteiger partial charge on any atom is 0.121 e. The zero-order valence-electron chi connectivity index (χ0n) is 13.1. The predicted octanol–water partition coefficient (Wildman–Crippen LogP) is 3.31. The Morgan fingerprint density at radius 1 is 1.29 bits per heavy atom. The minimum atomic E-state index is -0.689. The summed E-state index contributed by atoms with van der Waals surface area (Å²) in [5.41, 5.74) is 0.913. The van der Waals surface area contributed by atoms with Gasteiger partial charge in [0.15, 0.2) is 0 Å². The van der Waals surface area contributed by atoms with Crippen LogP contribution in [0, 0.1) is 16.7 Å². The van der Waals surface area contributed by atoms with Gasteiger partial charge >= 0.3 is 0 Å². The second-order valence-corrected chi connectivity index (χ2v) is 6.77. The first-order valence-corrected chi connectivity index (χ1v) is 7.42. The van der Waals surface area contributed by atoms with E-state index >= 15 is 0 Å². The number of aliphatic hydroxyl groups is 1. The lowest BCUT2D eigenvalue weighted by Gasteiger charge is -2.40. The molecule has 0 aliphatic heterocycles. The molecule has 1 saturated carbocycles. The van der Waals surface area contributed by atoms with Gasteiger partial charge in [-0.2, -0.15) is 5.26 Å². The van der Waals surface area contributed by atoms with Crippen LogP contribution in [0.25, 0.3) is 0 Å². The molecule has 1 aromatic rings. The van der Waals surface area contributed by atoms with Crippen LogP contribution in [0.1, 0.15) is 45.1 Å². The molecule has 0 amide bonds. The SMILES string of the molecule is COc1ccc(C#N)c(NCC2(O)CCC(C)(C)CC2)c1. The maximum absolute atomic E-state index is 10.7. The summed E-state index contributed by atoms with van der Waals surface area (Å²) in [6.45, 7) is 4.95. The van der Waals surface area contributed by atoms with Crippen molar-refractivity contribution >= 4 is 5.69 Å². The van der Waals surface area contributed by atoms with Crippen molar-refractivity contribution in [3.63, 3.8) is 0 Å². The number of hydrogen-bond acceptors (Lipinski definition) is 4. The average Bonchev–Trinajstić information content (AvgIpc) is 2.48. The first-order chi connectivity index (χ1) is 9.87. The molecule has 1 aliphatic rings. The molecule has 21 heavy (non-hydrogen) atoms. The Morgan fingerprint density at radius 3 is 2.52 bits per heavy atom. The van der Waals surface area contributed by atoms with Gasteiger partial charge in [-0.1, -0.05) is 13.8 Å². The molecular formula is C17H24N2O2. The molecule has 0 atom stereocenters. The summed E-state index contributed by atoms with van der Waals surface area (Å²) in [7, 11) is 1.60. The Morgan fingerprint density at radius 2 is 1.95 bits per heavy atom. The third-order valence-corrected chi connectivity index (χ3v) is 4.49. The minimum Gasteiger partial charge on any atom is -0.497 e. The van der Waals surface area contributed by atoms with Crippen LogP contribution in [0.5, 0.6) is 5.75 Å². The van der Waals surface area contributed by atoms with Gasteiger partial charge in [-0.15, -0.1) is 0 Å². The number of hydrogen-bond donors (Lipinski definition) is 2. The zero-order chi connectivity index (χ0) is 15.5. The molecular weight excluding hydrogens is 264 g/mol. The normalized spacial score (nSPS) is 19.6. The molecule has 0 radical (unpaired) electrons. The molecule has 2 rings (SSSR count). The van der Waals surface area contributed by atoms with E-state index < -0.39 is 5.60 Å². The summed E-state index contributed by atoms with van der Waals surface area (Å²) in [6, 6.07) is 7.46. The van der Waals surface area contributed by atoms with Crippen molar-refractivity contribution in [3.8, 4) is 11.8 Å². The molecule has 4 nitrogen and oxygen atoms in total. The number of ether oxygens (including phenoxy) is 1. The van der Waals surface area contributed by atoms with Crippen LogP contribution in [0.4, 0.5) is 5.69 Å². The van der Waals surface area contributed by atoms with Gasteiger partial charge in [0.05, 0.1) is 24.0 Å². The molecule has 0 aromatic heterocycles. The van der Waals surface area contributed by atoms with E-state index in [9.17, 15) is 5.11 Å². The lowest BCUT2D eigenvalue weighted by atomic mass is 9.71. The summed E-state index contributed by atoms with van der Waals surface area (Å²) in [6.07, 6.45) is 3.63. The van der Waals surface area contributed by atoms with Crippen molar-refractivity contribution in [1.82, 2.24) is 0 Å². The van der Waals surface area contributed by atoms with Crippen LogP contribution in [-0.2, 0) is 0 Å². The summed E-state index contributed by atoms with van der Waals surface area (Å²) in [4.78, 5) is 0. The number of nitrogens with one attached hydrogen (secondary N) is 1. The Hall–Kier alpha value is -1.73. The first kappa shape index (κ1) is 15.7. The number of nitrogens with zero attached hydrogens (tertiary/aromatic N) is 1. The van der Waals surface area contributed by atoms with Crippen molar-refractivity contribution in [2.45, 2.75) is 45.1 Å². The number of rotatable bonds is 4. The van der Waals surface area contributed by atoms with Gasteiger partial charge in [-0.25, -0.2) is 0 Å². The summed E-state index contributed by atoms with van der Waals surface area (Å²) in [5, 5.41) is 23.1. The zero-order valence-corrected chi connectivity index (χ0v) is 13.1. The second-order valence-electron chi connectivity index (χ2n) is 6.77. The lowest BCUT2D eigenvalue weighted by molar-refractivity contribution is -0.0145. The highest BCUT2D eigenvalue weighted by atomic mass is 16.5. The van der Waals surface area contributed by atoms with E-state index in [1.165, 1.54) is 0 Å². The van der Waals surface area contributed by atoms with Gasteiger partial charge in [-0.3, -0.25) is 0 Å². The van der Waals surface area contributed by atoms with E-state index in [0.29, 0.717) is 23.3 Å². The van der Waals surface area contributed by atoms with Crippen molar-refractivity contribution < 1.29 is 9.84 Å². The average molecular weight is 288 g/mol. The summed E-state index contributed by atoms with van der Waals surface area (Å²) in [5.74, 6) is 0.702. The molecule has 0 spiro atoms. The molecule has 0 bridgehead atoms. The fourth-order valence-corrected chi connectivity index (χ4v) is 2.72. The largest absolute Gasteiger partial charge is 0.497 e. The highest BCUT2D eigenvalue weighted by Gasteiger charge is 2.36. The fourth-order valence-electron chi connectivity index (χ4n) is 2.72. The van der Waals surface area contributed by atoms with Crippen LogP contribution in [0.2, 0.25) is 0 Å². The summed E-state index contributed by atoms with van der Waals surface area (Å²) >= 11 is 0. The van der Waals surface area contributed by atoms with Gasteiger partial charge in [0.25, 0.3) is 0 Å². The maximum atomic E-state index is 10.7. The van der Waals surface area contributed by atoms with E-state index in [4.69, 9.17) is 10.00 Å². The molecule has 0 heterocycles. The molecule has 0 saturated heterocycles. The standard InChI is InChI=1S/C17H24N2O2/c1-16(2)6-8-17(20,9-7-16)12-19-15-10-14(21-3)5-4-13(15)11-18/h4-5,10,19-20H,6-9,12H2,1-3H3. The highest BCUT2D eigenvalue weighted by molar-refractivity contribution is 5.60. The molecule has 0 unspecified atom stereocenters. The molecule has 1 fully saturated rings. The Labute approximate surface area is 126 Å². The predicted molar refractivity (Wildman–Crippen MR) is 83.4 cm³/mol. The van der Waals surface area contributed by atoms with Gasteiger partial charge in [0.2, 0.25) is 0 Å². The summed E-state index contributed by atoms with van der Waals surface area (Å²) < 4.78 is 5.19. The van der Waals surface area contributed by atoms with Crippen molar-refractivity contribution in [2.24, 2.45) is 5.41 Å². The van der Waals surface area contributed by atoms with E-state index in [0.717, 1.165) is 31.4 Å². The molecule has 2 N–H and O–H groups in total. The Balaban J connectivity index is 2.04. The second kappa shape index (κ2) is 5.95. The van der Waals surface area contributed by atoms with Crippen LogP contribution in [0.3, 0.4) is 0 Å². The number of nitriles is 1. The minimum absolute atomic E-state index is 0.319. The smallest absolute Gasteiger partial charge is 0.121 e. The van der Waals surface area contributed by atoms with Crippen molar-refractivity contribution in [1.29, 1.82) is 5.26 Å². The van der Waals surface area contributed by atoms with E-state index in [1.807, 2.05) is 0 Å². The monoisotopic (exact) mass is 288 g/mol. The van der Waals surface area contributed by atoms with E-state index in [2.05, 4.69) is 25.2 Å². The van der Waals surface area contributed by atoms with Gasteiger partial charge in [-0.05, 0) is 43.2 Å². The van der Waals surface area contributed by atoms with Crippen LogP contribution in [-0.4, -0.2) is 24.4 Å². The highest BCUT2D eigenvalue weighted by Crippen LogP contribution is 2.40. The van der Waals surface area contributed by atoms with Crippen molar-refractivity contribution in [3.05, 3.63) is 23.8 Å². The number of benzene rings is 1. The van der Waals surface area contributed by atoms with Gasteiger partial charge in [0.1, 0.15) is 11.8 Å². The number of anilines is 1. The van der Waals surface area contributed by atoms with Crippen LogP contribution < -0.4 is 10.1 Å².